The fraction of sp³-hybridized carbons (Fsp3) is 0. The van der Waals surface area contributed by atoms with E-state index in [1.807, 2.05) is 36.4 Å². The van der Waals surface area contributed by atoms with Gasteiger partial charge in [0.2, 0.25) is 0 Å². The van der Waals surface area contributed by atoms with E-state index in [-0.39, 0.29) is 0 Å². The van der Waals surface area contributed by atoms with Crippen LogP contribution in [0.15, 0.2) is 85.1 Å². The summed E-state index contributed by atoms with van der Waals surface area (Å²) >= 11 is 0. The van der Waals surface area contributed by atoms with Crippen LogP contribution in [0.4, 0.5) is 14.3 Å². The normalized spacial score (nSPS) is 11.2. The van der Waals surface area contributed by atoms with Crippen LogP contribution in [0, 0.1) is 0 Å². The van der Waals surface area contributed by atoms with Gasteiger partial charge < -0.3 is 4.81 Å². The van der Waals surface area contributed by atoms with Gasteiger partial charge in [-0.1, -0.05) is 54.6 Å². The van der Waals surface area contributed by atoms with Gasteiger partial charge in [-0.15, -0.1) is 0 Å². The molecule has 0 saturated heterocycles. The molecule has 118 valence electrons. The predicted molar refractivity (Wildman–Crippen MR) is 95.4 cm³/mol. The Labute approximate surface area is 140 Å². The number of pyridine rings is 1. The van der Waals surface area contributed by atoms with Crippen molar-refractivity contribution in [3.63, 3.8) is 0 Å². The third kappa shape index (κ3) is 3.69. The Morgan fingerprint density at radius 1 is 0.833 bits per heavy atom. The predicted octanol–water partition coefficient (Wildman–Crippen LogP) is 5.01. The van der Waals surface area contributed by atoms with Crippen molar-refractivity contribution in [2.45, 2.75) is 0 Å². The molecule has 0 amide bonds. The average molecular weight is 320 g/mol. The summed E-state index contributed by atoms with van der Waals surface area (Å²) in [6, 6.07) is 23.2. The van der Waals surface area contributed by atoms with Crippen LogP contribution >= 0.6 is 0 Å². The van der Waals surface area contributed by atoms with E-state index in [0.29, 0.717) is 22.6 Å². The summed E-state index contributed by atoms with van der Waals surface area (Å²) in [5.41, 5.74) is 2.15. The number of nitrogens with zero attached hydrogens (tertiary/aromatic N) is 2. The zero-order valence-corrected chi connectivity index (χ0v) is 12.9. The van der Waals surface area contributed by atoms with Gasteiger partial charge in [0, 0.05) is 17.6 Å². The van der Waals surface area contributed by atoms with E-state index in [0.717, 1.165) is 4.81 Å². The quantitative estimate of drug-likeness (QED) is 0.614. The van der Waals surface area contributed by atoms with E-state index >= 15 is 0 Å². The number of para-hydroxylation sites is 1. The molecular weight excluding hydrogens is 305 g/mol. The molecule has 0 aliphatic heterocycles. The van der Waals surface area contributed by atoms with Crippen molar-refractivity contribution in [3.8, 4) is 0 Å². The van der Waals surface area contributed by atoms with E-state index < -0.39 is 7.40 Å². The first kappa shape index (κ1) is 15.9. The maximum atomic E-state index is 13.9. The van der Waals surface area contributed by atoms with Crippen LogP contribution in [0.3, 0.4) is 0 Å². The number of halogens is 2. The minimum atomic E-state index is -2.68. The maximum absolute atomic E-state index is 13.9. The Kier molecular flexibility index (Phi) is 5.01. The number of aromatic nitrogens is 1. The maximum Gasteiger partial charge on any atom is 0.678 e. The molecule has 5 heteroatoms. The lowest BCUT2D eigenvalue weighted by Crippen LogP contribution is -2.31. The molecular formula is C19H15BF2N2. The Morgan fingerprint density at radius 3 is 2.04 bits per heavy atom. The zero-order valence-electron chi connectivity index (χ0n) is 12.9. The molecule has 2 aromatic carbocycles. The van der Waals surface area contributed by atoms with Crippen molar-refractivity contribution in [2.75, 3.05) is 4.81 Å². The number of hydrogen-bond acceptors (Lipinski definition) is 2. The summed E-state index contributed by atoms with van der Waals surface area (Å²) in [4.78, 5) is 5.25. The lowest BCUT2D eigenvalue weighted by Gasteiger charge is -2.25. The van der Waals surface area contributed by atoms with Gasteiger partial charge in [0.05, 0.1) is 5.69 Å². The SMILES string of the molecule is FB(F)N(/C(=C/c1ccccn1)c1ccccc1)c1ccccc1. The Hall–Kier alpha value is -2.95. The number of rotatable bonds is 5. The molecule has 0 spiro atoms. The van der Waals surface area contributed by atoms with Crippen LogP contribution in [-0.2, 0) is 0 Å². The molecule has 24 heavy (non-hydrogen) atoms. The van der Waals surface area contributed by atoms with Crippen molar-refractivity contribution in [2.24, 2.45) is 0 Å². The summed E-state index contributed by atoms with van der Waals surface area (Å²) in [6.07, 6.45) is 3.32. The number of anilines is 1. The molecule has 3 aromatic rings. The molecule has 0 atom stereocenters. The highest BCUT2D eigenvalue weighted by atomic mass is 19.2. The summed E-state index contributed by atoms with van der Waals surface area (Å²) < 4.78 is 27.8. The lowest BCUT2D eigenvalue weighted by molar-refractivity contribution is 0.657. The van der Waals surface area contributed by atoms with E-state index in [1.54, 1.807) is 54.7 Å². The van der Waals surface area contributed by atoms with Crippen LogP contribution in [0.2, 0.25) is 0 Å². The summed E-state index contributed by atoms with van der Waals surface area (Å²) in [6.45, 7) is 0. The first-order valence-electron chi connectivity index (χ1n) is 7.56. The second-order valence-electron chi connectivity index (χ2n) is 5.13. The lowest BCUT2D eigenvalue weighted by atomic mass is 10.0. The standard InChI is InChI=1S/C19H15BF2N2/c21-20(22)24(18-12-5-2-6-13-18)19(16-9-3-1-4-10-16)15-17-11-7-8-14-23-17/h1-15H/b19-15+. The van der Waals surface area contributed by atoms with Gasteiger partial charge in [-0.2, -0.15) is 0 Å². The van der Waals surface area contributed by atoms with Crippen LogP contribution in [0.5, 0.6) is 0 Å². The Bertz CT molecular complexity index is 793. The first-order valence-corrected chi connectivity index (χ1v) is 7.56. The van der Waals surface area contributed by atoms with Gasteiger partial charge in [-0.05, 0) is 35.9 Å². The Morgan fingerprint density at radius 2 is 1.46 bits per heavy atom. The van der Waals surface area contributed by atoms with Gasteiger partial charge in [0.15, 0.2) is 0 Å². The van der Waals surface area contributed by atoms with Gasteiger partial charge in [-0.3, -0.25) is 13.6 Å². The molecule has 0 radical (unpaired) electrons. The van der Waals surface area contributed by atoms with Crippen molar-refractivity contribution >= 4 is 24.9 Å². The molecule has 0 N–H and O–H groups in total. The smallest absolute Gasteiger partial charge is 0.325 e. The summed E-state index contributed by atoms with van der Waals surface area (Å²) in [5, 5.41) is 0. The van der Waals surface area contributed by atoms with Gasteiger partial charge >= 0.3 is 7.40 Å². The fourth-order valence-corrected chi connectivity index (χ4v) is 2.45. The summed E-state index contributed by atoms with van der Waals surface area (Å²) in [5.74, 6) is 0. The third-order valence-corrected chi connectivity index (χ3v) is 3.53. The van der Waals surface area contributed by atoms with Crippen LogP contribution in [0.25, 0.3) is 11.8 Å². The van der Waals surface area contributed by atoms with Crippen molar-refractivity contribution < 1.29 is 8.63 Å². The second kappa shape index (κ2) is 7.55. The summed E-state index contributed by atoms with van der Waals surface area (Å²) in [7, 11) is -2.68. The Balaban J connectivity index is 2.14. The monoisotopic (exact) mass is 320 g/mol. The van der Waals surface area contributed by atoms with E-state index in [2.05, 4.69) is 4.98 Å². The van der Waals surface area contributed by atoms with Gasteiger partial charge in [0.25, 0.3) is 0 Å². The largest absolute Gasteiger partial charge is 0.678 e. The fourth-order valence-electron chi connectivity index (χ4n) is 2.45. The molecule has 1 heterocycles. The van der Waals surface area contributed by atoms with Crippen LogP contribution in [0.1, 0.15) is 11.3 Å². The highest BCUT2D eigenvalue weighted by molar-refractivity contribution is 6.52. The molecule has 0 aliphatic rings. The molecule has 0 saturated carbocycles. The second-order valence-corrected chi connectivity index (χ2v) is 5.13. The van der Waals surface area contributed by atoms with Crippen molar-refractivity contribution in [3.05, 3.63) is 96.3 Å². The number of benzene rings is 2. The molecule has 0 fully saturated rings. The highest BCUT2D eigenvalue weighted by Crippen LogP contribution is 2.29. The highest BCUT2D eigenvalue weighted by Gasteiger charge is 2.29. The molecule has 1 aromatic heterocycles. The zero-order chi connectivity index (χ0) is 16.8. The molecule has 3 rings (SSSR count). The van der Waals surface area contributed by atoms with Gasteiger partial charge in [0.1, 0.15) is 0 Å². The molecule has 0 aliphatic carbocycles. The first-order chi connectivity index (χ1) is 11.8. The number of hydrogen-bond donors (Lipinski definition) is 0. The minimum absolute atomic E-state index is 0.399. The van der Waals surface area contributed by atoms with Gasteiger partial charge in [-0.25, -0.2) is 0 Å². The van der Waals surface area contributed by atoms with Crippen LogP contribution in [-0.4, -0.2) is 12.4 Å². The molecule has 0 bridgehead atoms. The minimum Gasteiger partial charge on any atom is -0.325 e. The van der Waals surface area contributed by atoms with Crippen molar-refractivity contribution in [1.82, 2.24) is 4.98 Å². The van der Waals surface area contributed by atoms with Crippen LogP contribution < -0.4 is 4.81 Å². The molecule has 0 unspecified atom stereocenters. The van der Waals surface area contributed by atoms with E-state index in [4.69, 9.17) is 0 Å². The topological polar surface area (TPSA) is 16.1 Å². The molecule has 2 nitrogen and oxygen atoms in total. The van der Waals surface area contributed by atoms with E-state index in [9.17, 15) is 8.63 Å². The average Bonchev–Trinajstić information content (AvgIpc) is 2.63. The van der Waals surface area contributed by atoms with E-state index in [1.165, 1.54) is 0 Å². The third-order valence-electron chi connectivity index (χ3n) is 3.53. The van der Waals surface area contributed by atoms with Crippen molar-refractivity contribution in [1.29, 1.82) is 0 Å².